The maximum atomic E-state index is 5.55. The van der Waals surface area contributed by atoms with Gasteiger partial charge in [-0.1, -0.05) is 20.8 Å². The molecule has 1 saturated heterocycles. The summed E-state index contributed by atoms with van der Waals surface area (Å²) in [7, 11) is 2.09. The first kappa shape index (κ1) is 15.7. The van der Waals surface area contributed by atoms with E-state index in [4.69, 9.17) is 9.72 Å². The first-order valence-corrected chi connectivity index (χ1v) is 7.99. The second-order valence-electron chi connectivity index (χ2n) is 6.59. The van der Waals surface area contributed by atoms with Crippen molar-refractivity contribution >= 4 is 21.7 Å². The number of ether oxygens (including phenoxy) is 1. The highest BCUT2D eigenvalue weighted by molar-refractivity contribution is 9.10. The van der Waals surface area contributed by atoms with Crippen LogP contribution in [0.25, 0.3) is 0 Å². The second kappa shape index (κ2) is 6.39. The number of aromatic nitrogens is 2. The Bertz CT molecular complexity index is 453. The summed E-state index contributed by atoms with van der Waals surface area (Å²) < 4.78 is 6.40. The van der Waals surface area contributed by atoms with Gasteiger partial charge in [0, 0.05) is 31.7 Å². The lowest BCUT2D eigenvalue weighted by atomic mass is 9.96. The third-order valence-electron chi connectivity index (χ3n) is 3.53. The lowest BCUT2D eigenvalue weighted by Gasteiger charge is -2.28. The number of nitrogens with zero attached hydrogens (tertiary/aromatic N) is 3. The lowest BCUT2D eigenvalue weighted by Crippen LogP contribution is -2.32. The van der Waals surface area contributed by atoms with Gasteiger partial charge in [0.25, 0.3) is 0 Å². The topological polar surface area (TPSA) is 38.2 Å². The Kier molecular flexibility index (Phi) is 5.02. The van der Waals surface area contributed by atoms with E-state index < -0.39 is 0 Å². The number of hydrogen-bond acceptors (Lipinski definition) is 4. The minimum Gasteiger partial charge on any atom is -0.381 e. The van der Waals surface area contributed by atoms with Gasteiger partial charge in [-0.25, -0.2) is 9.97 Å². The first-order valence-electron chi connectivity index (χ1n) is 7.20. The summed E-state index contributed by atoms with van der Waals surface area (Å²) in [5.41, 5.74) is -0.0483. The molecule has 0 spiro atoms. The molecule has 1 unspecified atom stereocenters. The van der Waals surface area contributed by atoms with Crippen molar-refractivity contribution in [1.29, 1.82) is 0 Å². The van der Waals surface area contributed by atoms with Gasteiger partial charge in [0.2, 0.25) is 0 Å². The number of rotatable bonds is 3. The SMILES string of the molecule is CN(CC1CCCOC1)c1cc(Br)nc(C(C)(C)C)n1. The molecule has 0 bridgehead atoms. The average molecular weight is 342 g/mol. The quantitative estimate of drug-likeness (QED) is 0.789. The van der Waals surface area contributed by atoms with Crippen molar-refractivity contribution in [3.8, 4) is 0 Å². The Balaban J connectivity index is 2.12. The molecule has 20 heavy (non-hydrogen) atoms. The monoisotopic (exact) mass is 341 g/mol. The summed E-state index contributed by atoms with van der Waals surface area (Å²) in [6, 6.07) is 1.99. The van der Waals surface area contributed by atoms with Gasteiger partial charge >= 0.3 is 0 Å². The third kappa shape index (κ3) is 4.16. The largest absolute Gasteiger partial charge is 0.381 e. The second-order valence-corrected chi connectivity index (χ2v) is 7.40. The van der Waals surface area contributed by atoms with E-state index in [1.54, 1.807) is 0 Å². The summed E-state index contributed by atoms with van der Waals surface area (Å²) in [5.74, 6) is 2.44. The number of halogens is 1. The van der Waals surface area contributed by atoms with Crippen LogP contribution in [0, 0.1) is 5.92 Å². The summed E-state index contributed by atoms with van der Waals surface area (Å²) in [6.07, 6.45) is 2.40. The van der Waals surface area contributed by atoms with Crippen molar-refractivity contribution in [3.05, 3.63) is 16.5 Å². The highest BCUT2D eigenvalue weighted by atomic mass is 79.9. The van der Waals surface area contributed by atoms with Gasteiger partial charge in [0.1, 0.15) is 16.2 Å². The highest BCUT2D eigenvalue weighted by Gasteiger charge is 2.21. The van der Waals surface area contributed by atoms with Gasteiger partial charge in [-0.3, -0.25) is 0 Å². The van der Waals surface area contributed by atoms with Crippen LogP contribution in [0.1, 0.15) is 39.4 Å². The summed E-state index contributed by atoms with van der Waals surface area (Å²) in [6.45, 7) is 9.15. The molecule has 2 heterocycles. The van der Waals surface area contributed by atoms with Gasteiger partial charge in [0.15, 0.2) is 0 Å². The van der Waals surface area contributed by atoms with Gasteiger partial charge < -0.3 is 9.64 Å². The molecule has 1 atom stereocenters. The smallest absolute Gasteiger partial charge is 0.137 e. The first-order chi connectivity index (χ1) is 9.36. The van der Waals surface area contributed by atoms with E-state index in [1.165, 1.54) is 12.8 Å². The molecule has 1 aromatic heterocycles. The molecule has 1 aromatic rings. The van der Waals surface area contributed by atoms with Crippen molar-refractivity contribution in [3.63, 3.8) is 0 Å². The fraction of sp³-hybridized carbons (Fsp3) is 0.733. The van der Waals surface area contributed by atoms with Gasteiger partial charge in [-0.15, -0.1) is 0 Å². The molecule has 0 saturated carbocycles. The van der Waals surface area contributed by atoms with Crippen LogP contribution in [0.5, 0.6) is 0 Å². The normalized spacial score (nSPS) is 19.9. The third-order valence-corrected chi connectivity index (χ3v) is 3.94. The molecule has 0 aliphatic carbocycles. The molecular weight excluding hydrogens is 318 g/mol. The van der Waals surface area contributed by atoms with E-state index in [9.17, 15) is 0 Å². The van der Waals surface area contributed by atoms with Crippen molar-refractivity contribution in [1.82, 2.24) is 9.97 Å². The van der Waals surface area contributed by atoms with Crippen LogP contribution in [0.3, 0.4) is 0 Å². The van der Waals surface area contributed by atoms with Gasteiger partial charge in [0.05, 0.1) is 6.61 Å². The Labute approximate surface area is 130 Å². The summed E-state index contributed by atoms with van der Waals surface area (Å²) in [5, 5.41) is 0. The molecule has 4 nitrogen and oxygen atoms in total. The molecule has 2 rings (SSSR count). The Morgan fingerprint density at radius 2 is 2.15 bits per heavy atom. The minimum atomic E-state index is -0.0483. The predicted molar refractivity (Wildman–Crippen MR) is 85.2 cm³/mol. The Hall–Kier alpha value is -0.680. The van der Waals surface area contributed by atoms with E-state index in [2.05, 4.69) is 53.6 Å². The minimum absolute atomic E-state index is 0.0483. The molecular formula is C15H24BrN3O. The van der Waals surface area contributed by atoms with Crippen molar-refractivity contribution < 1.29 is 4.74 Å². The molecule has 5 heteroatoms. The molecule has 0 radical (unpaired) electrons. The van der Waals surface area contributed by atoms with Crippen LogP contribution in [-0.4, -0.2) is 36.8 Å². The molecule has 1 fully saturated rings. The molecule has 0 amide bonds. The van der Waals surface area contributed by atoms with Crippen LogP contribution >= 0.6 is 15.9 Å². The van der Waals surface area contributed by atoms with Gasteiger partial charge in [-0.2, -0.15) is 0 Å². The van der Waals surface area contributed by atoms with Crippen LogP contribution < -0.4 is 4.90 Å². The van der Waals surface area contributed by atoms with E-state index in [1.807, 2.05) is 6.07 Å². The number of anilines is 1. The van der Waals surface area contributed by atoms with Crippen LogP contribution in [0.15, 0.2) is 10.7 Å². The van der Waals surface area contributed by atoms with Crippen molar-refractivity contribution in [2.24, 2.45) is 5.92 Å². The fourth-order valence-corrected chi connectivity index (χ4v) is 2.74. The van der Waals surface area contributed by atoms with E-state index in [0.29, 0.717) is 5.92 Å². The van der Waals surface area contributed by atoms with Crippen LogP contribution in [-0.2, 0) is 10.2 Å². The van der Waals surface area contributed by atoms with E-state index in [0.717, 1.165) is 36.0 Å². The highest BCUT2D eigenvalue weighted by Crippen LogP contribution is 2.25. The maximum absolute atomic E-state index is 5.55. The van der Waals surface area contributed by atoms with Crippen LogP contribution in [0.2, 0.25) is 0 Å². The summed E-state index contributed by atoms with van der Waals surface area (Å²) >= 11 is 3.50. The zero-order valence-electron chi connectivity index (χ0n) is 12.8. The average Bonchev–Trinajstić information content (AvgIpc) is 2.38. The van der Waals surface area contributed by atoms with Crippen molar-refractivity contribution in [2.45, 2.75) is 39.0 Å². The Morgan fingerprint density at radius 1 is 1.40 bits per heavy atom. The summed E-state index contributed by atoms with van der Waals surface area (Å²) in [4.78, 5) is 11.4. The Morgan fingerprint density at radius 3 is 2.75 bits per heavy atom. The molecule has 1 aliphatic heterocycles. The molecule has 0 aromatic carbocycles. The standard InChI is InChI=1S/C15H24BrN3O/c1-15(2,3)14-17-12(16)8-13(18-14)19(4)9-11-6-5-7-20-10-11/h8,11H,5-7,9-10H2,1-4H3. The fourth-order valence-electron chi connectivity index (χ4n) is 2.37. The predicted octanol–water partition coefficient (Wildman–Crippen LogP) is 3.40. The number of hydrogen-bond donors (Lipinski definition) is 0. The zero-order chi connectivity index (χ0) is 14.8. The van der Waals surface area contributed by atoms with Crippen LogP contribution in [0.4, 0.5) is 5.82 Å². The van der Waals surface area contributed by atoms with E-state index in [-0.39, 0.29) is 5.41 Å². The lowest BCUT2D eigenvalue weighted by molar-refractivity contribution is 0.0576. The molecule has 0 N–H and O–H groups in total. The maximum Gasteiger partial charge on any atom is 0.137 e. The zero-order valence-corrected chi connectivity index (χ0v) is 14.4. The molecule has 112 valence electrons. The van der Waals surface area contributed by atoms with Crippen molar-refractivity contribution in [2.75, 3.05) is 31.7 Å². The van der Waals surface area contributed by atoms with Gasteiger partial charge in [-0.05, 0) is 34.7 Å². The molecule has 1 aliphatic rings. The van der Waals surface area contributed by atoms with E-state index >= 15 is 0 Å².